The number of hydrogen-bond donors (Lipinski definition) is 1. The van der Waals surface area contributed by atoms with Crippen molar-refractivity contribution in [3.63, 3.8) is 0 Å². The molecule has 1 atom stereocenters. The van der Waals surface area contributed by atoms with Crippen molar-refractivity contribution in [2.24, 2.45) is 0 Å². The first-order valence-corrected chi connectivity index (χ1v) is 13.6. The summed E-state index contributed by atoms with van der Waals surface area (Å²) in [5.74, 6) is -0.364. The first kappa shape index (κ1) is 27.4. The molecule has 0 aliphatic heterocycles. The third-order valence-electron chi connectivity index (χ3n) is 5.66. The van der Waals surface area contributed by atoms with E-state index in [1.165, 1.54) is 4.90 Å². The SMILES string of the molecule is CCCNC(=O)C(CC)N(Cc1ccccc1)C(=O)CN(c1ccc(C(C)C)cc1)S(C)(=O)=O. The second-order valence-corrected chi connectivity index (χ2v) is 10.6. The fourth-order valence-electron chi connectivity index (χ4n) is 3.70. The van der Waals surface area contributed by atoms with Crippen LogP contribution in [0.2, 0.25) is 0 Å². The van der Waals surface area contributed by atoms with Gasteiger partial charge in [0.2, 0.25) is 21.8 Å². The van der Waals surface area contributed by atoms with E-state index in [0.29, 0.717) is 24.6 Å². The number of sulfonamides is 1. The Morgan fingerprint density at radius 1 is 0.971 bits per heavy atom. The molecule has 7 nitrogen and oxygen atoms in total. The summed E-state index contributed by atoms with van der Waals surface area (Å²) in [4.78, 5) is 27.9. The third-order valence-corrected chi connectivity index (χ3v) is 6.80. The Bertz CT molecular complexity index is 1040. The largest absolute Gasteiger partial charge is 0.354 e. The van der Waals surface area contributed by atoms with Crippen molar-refractivity contribution in [3.05, 3.63) is 65.7 Å². The average Bonchev–Trinajstić information content (AvgIpc) is 2.80. The number of benzene rings is 2. The number of rotatable bonds is 12. The first-order valence-electron chi connectivity index (χ1n) is 11.8. The van der Waals surface area contributed by atoms with Crippen LogP contribution >= 0.6 is 0 Å². The minimum absolute atomic E-state index is 0.210. The average molecular weight is 488 g/mol. The number of hydrogen-bond acceptors (Lipinski definition) is 4. The highest BCUT2D eigenvalue weighted by Crippen LogP contribution is 2.23. The van der Waals surface area contributed by atoms with Crippen LogP contribution in [0, 0.1) is 0 Å². The maximum Gasteiger partial charge on any atom is 0.244 e. The second kappa shape index (κ2) is 12.6. The quantitative estimate of drug-likeness (QED) is 0.492. The molecule has 34 heavy (non-hydrogen) atoms. The summed E-state index contributed by atoms with van der Waals surface area (Å²) in [5.41, 5.74) is 2.36. The van der Waals surface area contributed by atoms with Gasteiger partial charge in [0.05, 0.1) is 11.9 Å². The molecule has 0 fully saturated rings. The lowest BCUT2D eigenvalue weighted by molar-refractivity contribution is -0.140. The Kier molecular flexibility index (Phi) is 10.1. The van der Waals surface area contributed by atoms with Crippen LogP contribution in [0.3, 0.4) is 0 Å². The summed E-state index contributed by atoms with van der Waals surface area (Å²) in [6, 6.07) is 15.9. The fourth-order valence-corrected chi connectivity index (χ4v) is 4.55. The predicted octanol–water partition coefficient (Wildman–Crippen LogP) is 3.91. The van der Waals surface area contributed by atoms with E-state index in [1.807, 2.05) is 56.3 Å². The van der Waals surface area contributed by atoms with Gasteiger partial charge < -0.3 is 10.2 Å². The minimum atomic E-state index is -3.73. The van der Waals surface area contributed by atoms with Gasteiger partial charge in [0, 0.05) is 13.1 Å². The maximum absolute atomic E-state index is 13.6. The normalized spacial score (nSPS) is 12.3. The van der Waals surface area contributed by atoms with Crippen molar-refractivity contribution in [3.8, 4) is 0 Å². The molecular formula is C26H37N3O4S. The van der Waals surface area contributed by atoms with E-state index in [4.69, 9.17) is 0 Å². The molecule has 2 aromatic rings. The van der Waals surface area contributed by atoms with E-state index in [-0.39, 0.29) is 19.0 Å². The molecule has 2 rings (SSSR count). The molecule has 186 valence electrons. The molecule has 0 aliphatic rings. The Morgan fingerprint density at radius 3 is 2.09 bits per heavy atom. The molecule has 1 N–H and O–H groups in total. The summed E-state index contributed by atoms with van der Waals surface area (Å²) in [5, 5.41) is 2.87. The first-order chi connectivity index (χ1) is 16.1. The van der Waals surface area contributed by atoms with Gasteiger partial charge in [-0.3, -0.25) is 13.9 Å². The second-order valence-electron chi connectivity index (χ2n) is 8.74. The fraction of sp³-hybridized carbons (Fsp3) is 0.462. The van der Waals surface area contributed by atoms with E-state index < -0.39 is 22.0 Å². The highest BCUT2D eigenvalue weighted by Gasteiger charge is 2.31. The van der Waals surface area contributed by atoms with Crippen LogP contribution in [0.1, 0.15) is 57.6 Å². The Morgan fingerprint density at radius 2 is 1.59 bits per heavy atom. The Labute approximate surface area is 204 Å². The van der Waals surface area contributed by atoms with Crippen LogP contribution in [0.4, 0.5) is 5.69 Å². The van der Waals surface area contributed by atoms with Crippen molar-refractivity contribution < 1.29 is 18.0 Å². The molecule has 0 heterocycles. The topological polar surface area (TPSA) is 86.8 Å². The van der Waals surface area contributed by atoms with Crippen molar-refractivity contribution in [1.29, 1.82) is 0 Å². The molecule has 2 amide bonds. The number of nitrogens with zero attached hydrogens (tertiary/aromatic N) is 2. The molecule has 0 saturated carbocycles. The number of carbonyl (C=O) groups excluding carboxylic acids is 2. The summed E-state index contributed by atoms with van der Waals surface area (Å²) in [7, 11) is -3.73. The van der Waals surface area contributed by atoms with E-state index in [2.05, 4.69) is 19.2 Å². The molecule has 1 unspecified atom stereocenters. The van der Waals surface area contributed by atoms with Crippen LogP contribution in [0.25, 0.3) is 0 Å². The zero-order chi connectivity index (χ0) is 25.3. The van der Waals surface area contributed by atoms with Crippen molar-refractivity contribution in [2.75, 3.05) is 23.7 Å². The standard InChI is InChI=1S/C26H37N3O4S/c1-6-17-27-26(31)24(7-2)28(18-21-11-9-8-10-12-21)25(30)19-29(34(5,32)33)23-15-13-22(14-16-23)20(3)4/h8-16,20,24H,6-7,17-19H2,1-5H3,(H,27,31). The van der Waals surface area contributed by atoms with Crippen molar-refractivity contribution in [2.45, 2.75) is 59.0 Å². The van der Waals surface area contributed by atoms with Gasteiger partial charge in [0.25, 0.3) is 0 Å². The lowest BCUT2D eigenvalue weighted by atomic mass is 10.0. The molecule has 0 spiro atoms. The van der Waals surface area contributed by atoms with Gasteiger partial charge in [-0.05, 0) is 42.0 Å². The van der Waals surface area contributed by atoms with Crippen LogP contribution in [-0.2, 0) is 26.2 Å². The van der Waals surface area contributed by atoms with E-state index in [0.717, 1.165) is 28.1 Å². The van der Waals surface area contributed by atoms with Crippen LogP contribution in [0.5, 0.6) is 0 Å². The molecule has 2 aromatic carbocycles. The number of anilines is 1. The van der Waals surface area contributed by atoms with E-state index >= 15 is 0 Å². The predicted molar refractivity (Wildman–Crippen MR) is 137 cm³/mol. The zero-order valence-corrected chi connectivity index (χ0v) is 21.6. The lowest BCUT2D eigenvalue weighted by Gasteiger charge is -2.33. The van der Waals surface area contributed by atoms with Gasteiger partial charge >= 0.3 is 0 Å². The number of nitrogens with one attached hydrogen (secondary N) is 1. The van der Waals surface area contributed by atoms with Crippen LogP contribution < -0.4 is 9.62 Å². The highest BCUT2D eigenvalue weighted by atomic mass is 32.2. The monoisotopic (exact) mass is 487 g/mol. The highest BCUT2D eigenvalue weighted by molar-refractivity contribution is 7.92. The van der Waals surface area contributed by atoms with Gasteiger partial charge in [-0.25, -0.2) is 8.42 Å². The van der Waals surface area contributed by atoms with Gasteiger partial charge in [0.1, 0.15) is 12.6 Å². The maximum atomic E-state index is 13.6. The van der Waals surface area contributed by atoms with Crippen LogP contribution in [-0.4, -0.2) is 50.5 Å². The van der Waals surface area contributed by atoms with Crippen molar-refractivity contribution >= 4 is 27.5 Å². The van der Waals surface area contributed by atoms with Gasteiger partial charge in [-0.1, -0.05) is 70.2 Å². The summed E-state index contributed by atoms with van der Waals surface area (Å²) in [6.07, 6.45) is 2.28. The molecule has 0 radical (unpaired) electrons. The summed E-state index contributed by atoms with van der Waals surface area (Å²) < 4.78 is 26.4. The molecule has 0 aliphatic carbocycles. The van der Waals surface area contributed by atoms with Gasteiger partial charge in [0.15, 0.2) is 0 Å². The number of carbonyl (C=O) groups is 2. The molecule has 0 saturated heterocycles. The molecule has 0 aromatic heterocycles. The Hall–Kier alpha value is -2.87. The zero-order valence-electron chi connectivity index (χ0n) is 20.8. The van der Waals surface area contributed by atoms with E-state index in [1.54, 1.807) is 12.1 Å². The molecular weight excluding hydrogens is 450 g/mol. The smallest absolute Gasteiger partial charge is 0.244 e. The van der Waals surface area contributed by atoms with E-state index in [9.17, 15) is 18.0 Å². The third kappa shape index (κ3) is 7.58. The van der Waals surface area contributed by atoms with Gasteiger partial charge in [-0.2, -0.15) is 0 Å². The molecule has 8 heteroatoms. The van der Waals surface area contributed by atoms with Crippen molar-refractivity contribution in [1.82, 2.24) is 10.2 Å². The lowest BCUT2D eigenvalue weighted by Crippen LogP contribution is -2.52. The molecule has 0 bridgehead atoms. The number of amides is 2. The van der Waals surface area contributed by atoms with Crippen LogP contribution in [0.15, 0.2) is 54.6 Å². The summed E-state index contributed by atoms with van der Waals surface area (Å²) >= 11 is 0. The summed E-state index contributed by atoms with van der Waals surface area (Å²) in [6.45, 7) is 8.26. The minimum Gasteiger partial charge on any atom is -0.354 e. The van der Waals surface area contributed by atoms with Gasteiger partial charge in [-0.15, -0.1) is 0 Å². The Balaban J connectivity index is 2.39.